The molecule has 3 heterocycles. The number of rotatable bonds is 4. The van der Waals surface area contributed by atoms with Gasteiger partial charge in [-0.25, -0.2) is 0 Å². The SMILES string of the molecule is C[C@@H](c1nc(-c2cccs2)no1)N1CCN(c2ccccc2)CC1. The number of hydrogen-bond acceptors (Lipinski definition) is 6. The predicted octanol–water partition coefficient (Wildman–Crippen LogP) is 3.68. The first-order valence-corrected chi connectivity index (χ1v) is 9.11. The second-order valence-electron chi connectivity index (χ2n) is 5.97. The summed E-state index contributed by atoms with van der Waals surface area (Å²) in [6.45, 7) is 6.16. The van der Waals surface area contributed by atoms with E-state index in [1.54, 1.807) is 11.3 Å². The van der Waals surface area contributed by atoms with Gasteiger partial charge in [-0.1, -0.05) is 29.4 Å². The molecule has 1 aliphatic heterocycles. The molecule has 0 radical (unpaired) electrons. The van der Waals surface area contributed by atoms with E-state index in [1.807, 2.05) is 17.5 Å². The summed E-state index contributed by atoms with van der Waals surface area (Å²) in [6, 6.07) is 14.7. The molecule has 1 aliphatic rings. The van der Waals surface area contributed by atoms with Crippen molar-refractivity contribution in [2.24, 2.45) is 0 Å². The fourth-order valence-electron chi connectivity index (χ4n) is 3.07. The highest BCUT2D eigenvalue weighted by atomic mass is 32.1. The maximum atomic E-state index is 5.51. The third kappa shape index (κ3) is 3.07. The number of para-hydroxylation sites is 1. The zero-order chi connectivity index (χ0) is 16.4. The molecule has 6 heteroatoms. The Morgan fingerprint density at radius 1 is 1.04 bits per heavy atom. The van der Waals surface area contributed by atoms with E-state index in [2.05, 4.69) is 57.2 Å². The average Bonchev–Trinajstić information content (AvgIpc) is 3.33. The van der Waals surface area contributed by atoms with Crippen molar-refractivity contribution in [2.45, 2.75) is 13.0 Å². The molecule has 0 amide bonds. The molecule has 3 aromatic rings. The molecule has 1 atom stereocenters. The summed E-state index contributed by atoms with van der Waals surface area (Å²) >= 11 is 1.63. The number of aromatic nitrogens is 2. The van der Waals surface area contributed by atoms with Crippen molar-refractivity contribution in [3.63, 3.8) is 0 Å². The fourth-order valence-corrected chi connectivity index (χ4v) is 3.72. The topological polar surface area (TPSA) is 45.4 Å². The summed E-state index contributed by atoms with van der Waals surface area (Å²) in [5.41, 5.74) is 1.29. The van der Waals surface area contributed by atoms with E-state index < -0.39 is 0 Å². The Morgan fingerprint density at radius 3 is 2.54 bits per heavy atom. The zero-order valence-corrected chi connectivity index (χ0v) is 14.4. The van der Waals surface area contributed by atoms with Crippen LogP contribution in [0.1, 0.15) is 18.9 Å². The summed E-state index contributed by atoms with van der Waals surface area (Å²) < 4.78 is 5.51. The smallest absolute Gasteiger partial charge is 0.244 e. The van der Waals surface area contributed by atoms with Gasteiger partial charge in [0, 0.05) is 31.9 Å². The van der Waals surface area contributed by atoms with Crippen molar-refractivity contribution in [1.29, 1.82) is 0 Å². The van der Waals surface area contributed by atoms with Crippen LogP contribution in [0.3, 0.4) is 0 Å². The first kappa shape index (κ1) is 15.4. The summed E-state index contributed by atoms with van der Waals surface area (Å²) in [5.74, 6) is 1.39. The number of anilines is 1. The summed E-state index contributed by atoms with van der Waals surface area (Å²) in [7, 11) is 0. The molecule has 2 aromatic heterocycles. The standard InChI is InChI=1S/C18H20N4OS/c1-14(18-19-17(20-23-18)16-8-5-13-24-16)21-9-11-22(12-10-21)15-6-3-2-4-7-15/h2-8,13-14H,9-12H2,1H3/t14-/m0/s1. The molecule has 0 unspecified atom stereocenters. The molecule has 1 fully saturated rings. The largest absolute Gasteiger partial charge is 0.369 e. The van der Waals surface area contributed by atoms with Crippen molar-refractivity contribution in [1.82, 2.24) is 15.0 Å². The lowest BCUT2D eigenvalue weighted by Gasteiger charge is -2.38. The van der Waals surface area contributed by atoms with E-state index in [0.717, 1.165) is 31.1 Å². The maximum Gasteiger partial charge on any atom is 0.244 e. The highest BCUT2D eigenvalue weighted by molar-refractivity contribution is 7.13. The predicted molar refractivity (Wildman–Crippen MR) is 96.3 cm³/mol. The molecule has 1 saturated heterocycles. The summed E-state index contributed by atoms with van der Waals surface area (Å²) in [4.78, 5) is 10.5. The molecule has 0 aliphatic carbocycles. The summed E-state index contributed by atoms with van der Waals surface area (Å²) in [5, 5.41) is 6.15. The lowest BCUT2D eigenvalue weighted by molar-refractivity contribution is 0.164. The number of nitrogens with zero attached hydrogens (tertiary/aromatic N) is 4. The third-order valence-corrected chi connectivity index (χ3v) is 5.39. The van der Waals surface area contributed by atoms with E-state index in [4.69, 9.17) is 4.52 Å². The molecule has 0 spiro atoms. The van der Waals surface area contributed by atoms with Crippen LogP contribution in [0.5, 0.6) is 0 Å². The first-order chi connectivity index (χ1) is 11.8. The minimum atomic E-state index is 0.143. The monoisotopic (exact) mass is 340 g/mol. The lowest BCUT2D eigenvalue weighted by atomic mass is 10.2. The Kier molecular flexibility index (Phi) is 4.32. The lowest BCUT2D eigenvalue weighted by Crippen LogP contribution is -2.47. The molecular formula is C18H20N4OS. The second kappa shape index (κ2) is 6.75. The zero-order valence-electron chi connectivity index (χ0n) is 13.6. The molecule has 124 valence electrons. The van der Waals surface area contributed by atoms with Gasteiger partial charge in [0.1, 0.15) is 0 Å². The highest BCUT2D eigenvalue weighted by Crippen LogP contribution is 2.26. The highest BCUT2D eigenvalue weighted by Gasteiger charge is 2.26. The maximum absolute atomic E-state index is 5.51. The minimum absolute atomic E-state index is 0.143. The molecule has 0 N–H and O–H groups in total. The van der Waals surface area contributed by atoms with Gasteiger partial charge in [0.15, 0.2) is 0 Å². The molecule has 0 saturated carbocycles. The van der Waals surface area contributed by atoms with Crippen molar-refractivity contribution < 1.29 is 4.52 Å². The summed E-state index contributed by atoms with van der Waals surface area (Å²) in [6.07, 6.45) is 0. The normalized spacial score (nSPS) is 17.1. The van der Waals surface area contributed by atoms with Gasteiger partial charge < -0.3 is 9.42 Å². The Labute approximate surface area is 145 Å². The third-order valence-electron chi connectivity index (χ3n) is 4.52. The average molecular weight is 340 g/mol. The van der Waals surface area contributed by atoms with Crippen LogP contribution in [0, 0.1) is 0 Å². The number of benzene rings is 1. The van der Waals surface area contributed by atoms with Gasteiger partial charge in [-0.2, -0.15) is 4.98 Å². The minimum Gasteiger partial charge on any atom is -0.369 e. The number of piperazine rings is 1. The van der Waals surface area contributed by atoms with Crippen molar-refractivity contribution in [3.05, 3.63) is 53.7 Å². The second-order valence-corrected chi connectivity index (χ2v) is 6.92. The van der Waals surface area contributed by atoms with E-state index in [9.17, 15) is 0 Å². The van der Waals surface area contributed by atoms with Gasteiger partial charge in [0.05, 0.1) is 10.9 Å². The van der Waals surface area contributed by atoms with E-state index in [1.165, 1.54) is 5.69 Å². The van der Waals surface area contributed by atoms with Crippen molar-refractivity contribution in [2.75, 3.05) is 31.1 Å². The molecule has 24 heavy (non-hydrogen) atoms. The van der Waals surface area contributed by atoms with Gasteiger partial charge in [-0.3, -0.25) is 4.90 Å². The van der Waals surface area contributed by atoms with E-state index >= 15 is 0 Å². The van der Waals surface area contributed by atoms with Crippen LogP contribution in [-0.4, -0.2) is 41.2 Å². The van der Waals surface area contributed by atoms with E-state index in [-0.39, 0.29) is 6.04 Å². The van der Waals surface area contributed by atoms with Gasteiger partial charge in [0.2, 0.25) is 11.7 Å². The Balaban J connectivity index is 1.40. The number of thiophene rings is 1. The van der Waals surface area contributed by atoms with Crippen LogP contribution < -0.4 is 4.90 Å². The van der Waals surface area contributed by atoms with Crippen molar-refractivity contribution >= 4 is 17.0 Å². The quantitative estimate of drug-likeness (QED) is 0.725. The van der Waals surface area contributed by atoms with Gasteiger partial charge in [0.25, 0.3) is 0 Å². The Hall–Kier alpha value is -2.18. The van der Waals surface area contributed by atoms with Gasteiger partial charge in [-0.05, 0) is 30.5 Å². The molecular weight excluding hydrogens is 320 g/mol. The molecule has 1 aromatic carbocycles. The van der Waals surface area contributed by atoms with Crippen molar-refractivity contribution in [3.8, 4) is 10.7 Å². The van der Waals surface area contributed by atoms with Crippen LogP contribution in [0.2, 0.25) is 0 Å². The first-order valence-electron chi connectivity index (χ1n) is 8.23. The van der Waals surface area contributed by atoms with Crippen LogP contribution >= 0.6 is 11.3 Å². The molecule has 0 bridgehead atoms. The van der Waals surface area contributed by atoms with Crippen LogP contribution in [0.15, 0.2) is 52.4 Å². The van der Waals surface area contributed by atoms with E-state index in [0.29, 0.717) is 11.7 Å². The Morgan fingerprint density at radius 2 is 1.83 bits per heavy atom. The van der Waals surface area contributed by atoms with Gasteiger partial charge >= 0.3 is 0 Å². The van der Waals surface area contributed by atoms with Gasteiger partial charge in [-0.15, -0.1) is 11.3 Å². The number of hydrogen-bond donors (Lipinski definition) is 0. The molecule has 4 rings (SSSR count). The van der Waals surface area contributed by atoms with Crippen LogP contribution in [0.25, 0.3) is 10.7 Å². The van der Waals surface area contributed by atoms with Crippen LogP contribution in [0.4, 0.5) is 5.69 Å². The molecule has 5 nitrogen and oxygen atoms in total. The Bertz CT molecular complexity index is 763. The fraction of sp³-hybridized carbons (Fsp3) is 0.333. The van der Waals surface area contributed by atoms with Crippen LogP contribution in [-0.2, 0) is 0 Å².